The Labute approximate surface area is 165 Å². The largest absolute Gasteiger partial charge is 0.370 e. The predicted molar refractivity (Wildman–Crippen MR) is 104 cm³/mol. The fourth-order valence-corrected chi connectivity index (χ4v) is 4.06. The third-order valence-electron chi connectivity index (χ3n) is 6.07. The van der Waals surface area contributed by atoms with Gasteiger partial charge in [0.15, 0.2) is 0 Å². The molecule has 8 heteroatoms. The number of carbonyl (C=O) groups excluding carboxylic acids is 2. The van der Waals surface area contributed by atoms with E-state index in [-0.39, 0.29) is 17.8 Å². The van der Waals surface area contributed by atoms with Crippen molar-refractivity contribution in [2.75, 3.05) is 39.3 Å². The number of nitrogens with zero attached hydrogens (tertiary/aromatic N) is 4. The van der Waals surface area contributed by atoms with Gasteiger partial charge in [-0.3, -0.25) is 14.7 Å². The van der Waals surface area contributed by atoms with Gasteiger partial charge in [0, 0.05) is 38.4 Å². The summed E-state index contributed by atoms with van der Waals surface area (Å²) in [5, 5.41) is 0. The maximum absolute atomic E-state index is 12.8. The number of hydrogen-bond acceptors (Lipinski definition) is 5. The second-order valence-electron chi connectivity index (χ2n) is 8.00. The number of ether oxygens (including phenoxy) is 1. The minimum Gasteiger partial charge on any atom is -0.370 e. The first-order valence-electron chi connectivity index (χ1n) is 10.2. The lowest BCUT2D eigenvalue weighted by Gasteiger charge is -2.41. The molecule has 28 heavy (non-hydrogen) atoms. The van der Waals surface area contributed by atoms with E-state index in [9.17, 15) is 9.59 Å². The van der Waals surface area contributed by atoms with E-state index in [2.05, 4.69) is 9.88 Å². The fourth-order valence-electron chi connectivity index (χ4n) is 4.06. The third kappa shape index (κ3) is 4.28. The van der Waals surface area contributed by atoms with Crippen LogP contribution in [0.5, 0.6) is 0 Å². The van der Waals surface area contributed by atoms with Crippen molar-refractivity contribution >= 4 is 11.9 Å². The fraction of sp³-hybridized carbons (Fsp3) is 0.650. The Bertz CT molecular complexity index is 718. The summed E-state index contributed by atoms with van der Waals surface area (Å²) in [5.41, 5.74) is 6.35. The lowest BCUT2D eigenvalue weighted by Crippen LogP contribution is -2.58. The van der Waals surface area contributed by atoms with Crippen LogP contribution in [0, 0.1) is 0 Å². The number of amides is 3. The van der Waals surface area contributed by atoms with E-state index < -0.39 is 5.91 Å². The molecular weight excluding hydrogens is 358 g/mol. The molecule has 3 heterocycles. The predicted octanol–water partition coefficient (Wildman–Crippen LogP) is 1.06. The van der Waals surface area contributed by atoms with E-state index >= 15 is 0 Å². The maximum atomic E-state index is 12.8. The molecule has 4 rings (SSSR count). The highest BCUT2D eigenvalue weighted by Gasteiger charge is 2.35. The topological polar surface area (TPSA) is 92.0 Å². The first kappa shape index (κ1) is 19.1. The zero-order valence-electron chi connectivity index (χ0n) is 16.3. The van der Waals surface area contributed by atoms with Crippen LogP contribution in [0.2, 0.25) is 0 Å². The van der Waals surface area contributed by atoms with E-state index in [1.807, 2.05) is 9.80 Å². The molecule has 2 aliphatic heterocycles. The van der Waals surface area contributed by atoms with Crippen molar-refractivity contribution in [3.05, 3.63) is 29.6 Å². The number of rotatable bonds is 5. The molecule has 2 saturated heterocycles. The minimum absolute atomic E-state index is 0.0348. The molecule has 3 fully saturated rings. The van der Waals surface area contributed by atoms with Crippen molar-refractivity contribution in [3.8, 4) is 0 Å². The third-order valence-corrected chi connectivity index (χ3v) is 6.07. The molecule has 0 radical (unpaired) electrons. The highest BCUT2D eigenvalue weighted by molar-refractivity contribution is 5.90. The average molecular weight is 387 g/mol. The van der Waals surface area contributed by atoms with Crippen LogP contribution < -0.4 is 5.73 Å². The van der Waals surface area contributed by atoms with Gasteiger partial charge >= 0.3 is 6.03 Å². The highest BCUT2D eigenvalue weighted by atomic mass is 16.5. The van der Waals surface area contributed by atoms with Crippen LogP contribution in [0.25, 0.3) is 0 Å². The number of carbonyl (C=O) groups is 2. The first-order chi connectivity index (χ1) is 13.6. The van der Waals surface area contributed by atoms with E-state index in [0.29, 0.717) is 19.7 Å². The first-order valence-corrected chi connectivity index (χ1v) is 10.2. The number of aromatic nitrogens is 1. The Morgan fingerprint density at radius 2 is 1.93 bits per heavy atom. The van der Waals surface area contributed by atoms with Gasteiger partial charge in [-0.2, -0.15) is 0 Å². The molecule has 1 saturated carbocycles. The van der Waals surface area contributed by atoms with E-state index in [4.69, 9.17) is 10.5 Å². The van der Waals surface area contributed by atoms with Crippen LogP contribution in [-0.2, 0) is 11.3 Å². The van der Waals surface area contributed by atoms with Crippen molar-refractivity contribution in [3.63, 3.8) is 0 Å². The van der Waals surface area contributed by atoms with Gasteiger partial charge in [-0.15, -0.1) is 0 Å². The van der Waals surface area contributed by atoms with Gasteiger partial charge in [0.05, 0.1) is 25.8 Å². The molecule has 0 bridgehead atoms. The molecule has 3 amide bonds. The van der Waals surface area contributed by atoms with Crippen molar-refractivity contribution in [1.82, 2.24) is 19.7 Å². The number of likely N-dealkylation sites (tertiary alicyclic amines) is 1. The van der Waals surface area contributed by atoms with Gasteiger partial charge in [-0.25, -0.2) is 4.79 Å². The molecule has 8 nitrogen and oxygen atoms in total. The molecule has 1 aliphatic carbocycles. The molecule has 1 aromatic rings. The van der Waals surface area contributed by atoms with Gasteiger partial charge in [0.1, 0.15) is 5.69 Å². The van der Waals surface area contributed by atoms with Gasteiger partial charge in [-0.1, -0.05) is 6.42 Å². The van der Waals surface area contributed by atoms with E-state index in [0.717, 1.165) is 44.2 Å². The van der Waals surface area contributed by atoms with E-state index in [1.165, 1.54) is 19.3 Å². The molecule has 1 aromatic heterocycles. The number of nitrogens with two attached hydrogens (primary N) is 1. The van der Waals surface area contributed by atoms with Crippen LogP contribution >= 0.6 is 0 Å². The summed E-state index contributed by atoms with van der Waals surface area (Å²) in [6.07, 6.45) is 6.63. The van der Waals surface area contributed by atoms with Crippen molar-refractivity contribution in [2.45, 2.75) is 44.4 Å². The van der Waals surface area contributed by atoms with Gasteiger partial charge < -0.3 is 20.3 Å². The van der Waals surface area contributed by atoms with Crippen LogP contribution in [0.15, 0.2) is 18.3 Å². The second kappa shape index (κ2) is 8.45. The Hall–Kier alpha value is -2.19. The summed E-state index contributed by atoms with van der Waals surface area (Å²) in [5.74, 6) is -0.546. The summed E-state index contributed by atoms with van der Waals surface area (Å²) in [6, 6.07) is 4.34. The minimum atomic E-state index is -0.546. The average Bonchev–Trinajstić information content (AvgIpc) is 2.85. The standard InChI is InChI=1S/C20H29N5O3/c21-19(26)18-11-15(5-6-22-18)14-28-17-12-25(13-17)20(27)24-8-2-7-23(9-10-24)16-3-1-4-16/h5-6,11,16-17H,1-4,7-10,12-14H2,(H2,21,26). The molecule has 0 unspecified atom stereocenters. The Morgan fingerprint density at radius 1 is 1.11 bits per heavy atom. The maximum Gasteiger partial charge on any atom is 0.320 e. The summed E-state index contributed by atoms with van der Waals surface area (Å²) < 4.78 is 5.86. The van der Waals surface area contributed by atoms with Crippen LogP contribution in [-0.4, -0.2) is 83.0 Å². The molecular formula is C20H29N5O3. The number of hydrogen-bond donors (Lipinski definition) is 1. The number of urea groups is 1. The molecule has 2 N–H and O–H groups in total. The Balaban J connectivity index is 1.20. The molecule has 0 spiro atoms. The van der Waals surface area contributed by atoms with Gasteiger partial charge in [0.25, 0.3) is 5.91 Å². The highest BCUT2D eigenvalue weighted by Crippen LogP contribution is 2.26. The zero-order valence-corrected chi connectivity index (χ0v) is 16.3. The second-order valence-corrected chi connectivity index (χ2v) is 8.00. The molecule has 152 valence electrons. The monoisotopic (exact) mass is 387 g/mol. The van der Waals surface area contributed by atoms with Gasteiger partial charge in [0.2, 0.25) is 0 Å². The SMILES string of the molecule is NC(=O)c1cc(COC2CN(C(=O)N3CCCN(C4CCC4)CC3)C2)ccn1. The van der Waals surface area contributed by atoms with Crippen LogP contribution in [0.3, 0.4) is 0 Å². The lowest BCUT2D eigenvalue weighted by atomic mass is 9.91. The zero-order chi connectivity index (χ0) is 19.5. The molecule has 0 atom stereocenters. The van der Waals surface area contributed by atoms with Crippen LogP contribution in [0.4, 0.5) is 4.79 Å². The summed E-state index contributed by atoms with van der Waals surface area (Å²) in [4.78, 5) is 34.3. The van der Waals surface area contributed by atoms with Crippen molar-refractivity contribution in [1.29, 1.82) is 0 Å². The number of primary amides is 1. The normalized spacial score (nSPS) is 21.7. The quantitative estimate of drug-likeness (QED) is 0.816. The molecule has 3 aliphatic rings. The Morgan fingerprint density at radius 3 is 2.64 bits per heavy atom. The lowest BCUT2D eigenvalue weighted by molar-refractivity contribution is -0.0493. The van der Waals surface area contributed by atoms with Crippen molar-refractivity contribution in [2.24, 2.45) is 5.73 Å². The smallest absolute Gasteiger partial charge is 0.320 e. The molecule has 0 aromatic carbocycles. The number of pyridine rings is 1. The van der Waals surface area contributed by atoms with Crippen LogP contribution in [0.1, 0.15) is 41.7 Å². The Kier molecular flexibility index (Phi) is 5.77. The summed E-state index contributed by atoms with van der Waals surface area (Å²) in [6.45, 7) is 5.40. The summed E-state index contributed by atoms with van der Waals surface area (Å²) >= 11 is 0. The van der Waals surface area contributed by atoms with Crippen molar-refractivity contribution < 1.29 is 14.3 Å². The summed E-state index contributed by atoms with van der Waals surface area (Å²) in [7, 11) is 0. The van der Waals surface area contributed by atoms with E-state index in [1.54, 1.807) is 18.3 Å². The van der Waals surface area contributed by atoms with Gasteiger partial charge in [-0.05, 0) is 37.0 Å².